The second-order valence-electron chi connectivity index (χ2n) is 6.80. The third-order valence-electron chi connectivity index (χ3n) is 4.28. The molecule has 1 heterocycles. The number of pyridine rings is 1. The minimum Gasteiger partial charge on any atom is -0.293 e. The lowest BCUT2D eigenvalue weighted by atomic mass is 9.80. The van der Waals surface area contributed by atoms with Crippen molar-refractivity contribution in [1.29, 1.82) is 0 Å². The molecule has 2 aromatic rings. The highest BCUT2D eigenvalue weighted by Crippen LogP contribution is 2.36. The highest BCUT2D eigenvalue weighted by molar-refractivity contribution is 6.02. The predicted molar refractivity (Wildman–Crippen MR) is 84.8 cm³/mol. The number of aromatic nitrogens is 1. The van der Waals surface area contributed by atoms with Gasteiger partial charge in [0, 0.05) is 11.8 Å². The van der Waals surface area contributed by atoms with Crippen LogP contribution in [0.2, 0.25) is 0 Å². The summed E-state index contributed by atoms with van der Waals surface area (Å²) >= 11 is 0. The van der Waals surface area contributed by atoms with E-state index in [0.717, 1.165) is 29.7 Å². The quantitative estimate of drug-likeness (QED) is 0.767. The fraction of sp³-hybridized carbons (Fsp3) is 0.368. The normalized spacial score (nSPS) is 17.6. The molecule has 0 saturated carbocycles. The highest BCUT2D eigenvalue weighted by atomic mass is 16.1. The Morgan fingerprint density at radius 2 is 1.90 bits per heavy atom. The SMILES string of the molecule is CC(C)(C)c1ccccc1C(=O)C1CCc2cccnc21. The molecule has 0 bridgehead atoms. The summed E-state index contributed by atoms with van der Waals surface area (Å²) < 4.78 is 0. The van der Waals surface area contributed by atoms with Gasteiger partial charge in [-0.15, -0.1) is 0 Å². The van der Waals surface area contributed by atoms with E-state index in [9.17, 15) is 4.79 Å². The lowest BCUT2D eigenvalue weighted by molar-refractivity contribution is 0.0956. The first-order valence-electron chi connectivity index (χ1n) is 7.56. The lowest BCUT2D eigenvalue weighted by Gasteiger charge is -2.23. The first-order chi connectivity index (χ1) is 9.98. The molecule has 0 N–H and O–H groups in total. The van der Waals surface area contributed by atoms with Crippen LogP contribution in [0.4, 0.5) is 0 Å². The van der Waals surface area contributed by atoms with E-state index >= 15 is 0 Å². The summed E-state index contributed by atoms with van der Waals surface area (Å²) in [5.74, 6) is 0.141. The molecule has 1 aromatic heterocycles. The van der Waals surface area contributed by atoms with Crippen molar-refractivity contribution in [2.24, 2.45) is 0 Å². The molecule has 1 atom stereocenters. The van der Waals surface area contributed by atoms with Crippen molar-refractivity contribution < 1.29 is 4.79 Å². The van der Waals surface area contributed by atoms with E-state index in [-0.39, 0.29) is 17.1 Å². The molecular weight excluding hydrogens is 258 g/mol. The molecule has 2 heteroatoms. The third-order valence-corrected chi connectivity index (χ3v) is 4.28. The highest BCUT2D eigenvalue weighted by Gasteiger charge is 2.32. The zero-order valence-corrected chi connectivity index (χ0v) is 12.9. The molecule has 21 heavy (non-hydrogen) atoms. The molecule has 108 valence electrons. The lowest BCUT2D eigenvalue weighted by Crippen LogP contribution is -2.20. The Kier molecular flexibility index (Phi) is 3.40. The summed E-state index contributed by atoms with van der Waals surface area (Å²) in [7, 11) is 0. The molecular formula is C19H21NO. The Bertz CT molecular complexity index is 682. The molecule has 3 rings (SSSR count). The van der Waals surface area contributed by atoms with Gasteiger partial charge in [0.05, 0.1) is 11.6 Å². The average Bonchev–Trinajstić information content (AvgIpc) is 2.89. The fourth-order valence-corrected chi connectivity index (χ4v) is 3.21. The molecule has 1 aliphatic rings. The molecule has 1 aliphatic carbocycles. The zero-order chi connectivity index (χ0) is 15.0. The summed E-state index contributed by atoms with van der Waals surface area (Å²) in [5.41, 5.74) is 4.15. The van der Waals surface area contributed by atoms with Crippen molar-refractivity contribution in [2.45, 2.75) is 44.9 Å². The van der Waals surface area contributed by atoms with Gasteiger partial charge in [0.25, 0.3) is 0 Å². The van der Waals surface area contributed by atoms with Crippen molar-refractivity contribution >= 4 is 5.78 Å². The summed E-state index contributed by atoms with van der Waals surface area (Å²) in [5, 5.41) is 0. The maximum atomic E-state index is 13.0. The summed E-state index contributed by atoms with van der Waals surface area (Å²) in [4.78, 5) is 17.5. The van der Waals surface area contributed by atoms with Gasteiger partial charge in [-0.1, -0.05) is 51.1 Å². The first-order valence-corrected chi connectivity index (χ1v) is 7.56. The van der Waals surface area contributed by atoms with Crippen LogP contribution >= 0.6 is 0 Å². The van der Waals surface area contributed by atoms with Crippen LogP contribution in [0, 0.1) is 0 Å². The number of hydrogen-bond acceptors (Lipinski definition) is 2. The first kappa shape index (κ1) is 14.0. The van der Waals surface area contributed by atoms with E-state index in [2.05, 4.69) is 37.9 Å². The van der Waals surface area contributed by atoms with Gasteiger partial charge in [-0.3, -0.25) is 9.78 Å². The molecule has 1 aromatic carbocycles. The van der Waals surface area contributed by atoms with Gasteiger partial charge in [-0.25, -0.2) is 0 Å². The van der Waals surface area contributed by atoms with Crippen molar-refractivity contribution in [1.82, 2.24) is 4.98 Å². The number of Topliss-reactive ketones (excluding diaryl/α,β-unsaturated/α-hetero) is 1. The molecule has 0 amide bonds. The molecule has 0 fully saturated rings. The molecule has 0 saturated heterocycles. The number of ketones is 1. The van der Waals surface area contributed by atoms with Crippen LogP contribution in [0.25, 0.3) is 0 Å². The monoisotopic (exact) mass is 279 g/mol. The van der Waals surface area contributed by atoms with Crippen molar-refractivity contribution in [2.75, 3.05) is 0 Å². The number of fused-ring (bicyclic) bond motifs is 1. The Morgan fingerprint density at radius 3 is 2.67 bits per heavy atom. The van der Waals surface area contributed by atoms with E-state index in [0.29, 0.717) is 0 Å². The third kappa shape index (κ3) is 2.51. The minimum absolute atomic E-state index is 0.0300. The summed E-state index contributed by atoms with van der Waals surface area (Å²) in [6.45, 7) is 6.46. The number of benzene rings is 1. The van der Waals surface area contributed by atoms with E-state index in [1.54, 1.807) is 6.20 Å². The van der Waals surface area contributed by atoms with E-state index in [4.69, 9.17) is 0 Å². The van der Waals surface area contributed by atoms with Gasteiger partial charge in [0.1, 0.15) is 0 Å². The molecule has 2 nitrogen and oxygen atoms in total. The van der Waals surface area contributed by atoms with Crippen LogP contribution in [-0.2, 0) is 11.8 Å². The Hall–Kier alpha value is -1.96. The van der Waals surface area contributed by atoms with Crippen LogP contribution in [0.1, 0.15) is 60.3 Å². The second-order valence-corrected chi connectivity index (χ2v) is 6.80. The van der Waals surface area contributed by atoms with Crippen molar-refractivity contribution in [3.8, 4) is 0 Å². The number of aryl methyl sites for hydroxylation is 1. The number of carbonyl (C=O) groups excluding carboxylic acids is 1. The van der Waals surface area contributed by atoms with Crippen LogP contribution in [0.3, 0.4) is 0 Å². The van der Waals surface area contributed by atoms with Gasteiger partial charge < -0.3 is 0 Å². The van der Waals surface area contributed by atoms with E-state index in [1.807, 2.05) is 24.3 Å². The van der Waals surface area contributed by atoms with Gasteiger partial charge >= 0.3 is 0 Å². The second kappa shape index (κ2) is 5.10. The smallest absolute Gasteiger partial charge is 0.172 e. The van der Waals surface area contributed by atoms with Crippen molar-refractivity contribution in [3.63, 3.8) is 0 Å². The number of hydrogen-bond donors (Lipinski definition) is 0. The van der Waals surface area contributed by atoms with Gasteiger partial charge in [-0.2, -0.15) is 0 Å². The van der Waals surface area contributed by atoms with Crippen LogP contribution < -0.4 is 0 Å². The number of carbonyl (C=O) groups is 1. The van der Waals surface area contributed by atoms with Crippen LogP contribution in [0.15, 0.2) is 42.6 Å². The number of nitrogens with zero attached hydrogens (tertiary/aromatic N) is 1. The zero-order valence-electron chi connectivity index (χ0n) is 12.9. The Labute approximate surface area is 126 Å². The van der Waals surface area contributed by atoms with Gasteiger partial charge in [0.2, 0.25) is 0 Å². The number of rotatable bonds is 2. The standard InChI is InChI=1S/C19H21NO/c1-19(2,3)16-9-5-4-8-14(16)18(21)15-11-10-13-7-6-12-20-17(13)15/h4-9,12,15H,10-11H2,1-3H3. The largest absolute Gasteiger partial charge is 0.293 e. The van der Waals surface area contributed by atoms with E-state index in [1.165, 1.54) is 5.56 Å². The molecule has 0 aliphatic heterocycles. The van der Waals surface area contributed by atoms with Crippen molar-refractivity contribution in [3.05, 3.63) is 65.0 Å². The Morgan fingerprint density at radius 1 is 1.14 bits per heavy atom. The Balaban J connectivity index is 2.02. The van der Waals surface area contributed by atoms with Crippen LogP contribution in [-0.4, -0.2) is 10.8 Å². The fourth-order valence-electron chi connectivity index (χ4n) is 3.21. The minimum atomic E-state index is -0.0790. The topological polar surface area (TPSA) is 30.0 Å². The average molecular weight is 279 g/mol. The maximum Gasteiger partial charge on any atom is 0.172 e. The predicted octanol–water partition coefficient (Wildman–Crippen LogP) is 4.29. The summed E-state index contributed by atoms with van der Waals surface area (Å²) in [6, 6.07) is 12.0. The maximum absolute atomic E-state index is 13.0. The summed E-state index contributed by atoms with van der Waals surface area (Å²) in [6.07, 6.45) is 3.63. The molecule has 0 radical (unpaired) electrons. The van der Waals surface area contributed by atoms with E-state index < -0.39 is 0 Å². The molecule has 0 spiro atoms. The van der Waals surface area contributed by atoms with Crippen LogP contribution in [0.5, 0.6) is 0 Å². The van der Waals surface area contributed by atoms with Gasteiger partial charge in [-0.05, 0) is 35.4 Å². The molecule has 1 unspecified atom stereocenters. The van der Waals surface area contributed by atoms with Gasteiger partial charge in [0.15, 0.2) is 5.78 Å².